The first-order valence-electron chi connectivity index (χ1n) is 5.97. The molecule has 4 heteroatoms. The number of hydrogen-bond donors (Lipinski definition) is 1. The van der Waals surface area contributed by atoms with E-state index >= 15 is 0 Å². The number of benzene rings is 2. The summed E-state index contributed by atoms with van der Waals surface area (Å²) < 4.78 is 32.8. The highest BCUT2D eigenvalue weighted by Gasteiger charge is 2.15. The fraction of sp³-hybridized carbons (Fsp3) is 0.200. The lowest BCUT2D eigenvalue weighted by Gasteiger charge is -2.15. The number of halogens is 2. The van der Waals surface area contributed by atoms with Gasteiger partial charge in [-0.3, -0.25) is 0 Å². The maximum atomic E-state index is 13.7. The molecule has 1 atom stereocenters. The van der Waals surface area contributed by atoms with Gasteiger partial charge in [0.15, 0.2) is 11.6 Å². The van der Waals surface area contributed by atoms with Crippen molar-refractivity contribution in [2.24, 2.45) is 5.73 Å². The van der Waals surface area contributed by atoms with Crippen LogP contribution in [0.1, 0.15) is 24.1 Å². The zero-order valence-electron chi connectivity index (χ0n) is 10.8. The van der Waals surface area contributed by atoms with Gasteiger partial charge < -0.3 is 10.5 Å². The third-order valence-electron chi connectivity index (χ3n) is 2.77. The lowest BCUT2D eigenvalue weighted by Crippen LogP contribution is -2.09. The molecule has 0 aliphatic rings. The first kappa shape index (κ1) is 13.5. The van der Waals surface area contributed by atoms with Crippen molar-refractivity contribution in [1.82, 2.24) is 0 Å². The summed E-state index contributed by atoms with van der Waals surface area (Å²) in [5.41, 5.74) is 6.82. The van der Waals surface area contributed by atoms with Crippen LogP contribution in [0.15, 0.2) is 36.4 Å². The molecular formula is C15H15F2NO. The monoisotopic (exact) mass is 263 g/mol. The van der Waals surface area contributed by atoms with Gasteiger partial charge in [0.2, 0.25) is 0 Å². The SMILES string of the molecule is Cc1ccc(F)c(Oc2cccc(F)c2C(C)N)c1. The minimum Gasteiger partial charge on any atom is -0.454 e. The summed E-state index contributed by atoms with van der Waals surface area (Å²) in [4.78, 5) is 0. The van der Waals surface area contributed by atoms with Crippen LogP contribution in [0.4, 0.5) is 8.78 Å². The van der Waals surface area contributed by atoms with E-state index in [9.17, 15) is 8.78 Å². The van der Waals surface area contributed by atoms with Crippen LogP contribution in [0.25, 0.3) is 0 Å². The summed E-state index contributed by atoms with van der Waals surface area (Å²) in [5.74, 6) is -0.655. The maximum absolute atomic E-state index is 13.7. The van der Waals surface area contributed by atoms with E-state index in [1.165, 1.54) is 18.2 Å². The Labute approximate surface area is 110 Å². The van der Waals surface area contributed by atoms with Crippen molar-refractivity contribution >= 4 is 0 Å². The second-order valence-corrected chi connectivity index (χ2v) is 4.48. The molecule has 0 bridgehead atoms. The van der Waals surface area contributed by atoms with Crippen molar-refractivity contribution in [3.05, 3.63) is 59.2 Å². The molecule has 2 nitrogen and oxygen atoms in total. The van der Waals surface area contributed by atoms with E-state index in [0.717, 1.165) is 5.56 Å². The predicted molar refractivity (Wildman–Crippen MR) is 70.2 cm³/mol. The molecule has 0 radical (unpaired) electrons. The van der Waals surface area contributed by atoms with Crippen LogP contribution in [0.3, 0.4) is 0 Å². The number of nitrogens with two attached hydrogens (primary N) is 1. The summed E-state index contributed by atoms with van der Waals surface area (Å²) in [6.45, 7) is 3.47. The minimum absolute atomic E-state index is 0.0625. The number of ether oxygens (including phenoxy) is 1. The average Bonchev–Trinajstić information content (AvgIpc) is 2.33. The van der Waals surface area contributed by atoms with E-state index in [0.29, 0.717) is 0 Å². The van der Waals surface area contributed by atoms with Gasteiger partial charge in [0, 0.05) is 11.6 Å². The molecule has 2 rings (SSSR count). The zero-order chi connectivity index (χ0) is 14.0. The molecule has 0 heterocycles. The second kappa shape index (κ2) is 5.36. The van der Waals surface area contributed by atoms with Gasteiger partial charge in [-0.15, -0.1) is 0 Å². The summed E-state index contributed by atoms with van der Waals surface area (Å²) in [6.07, 6.45) is 0. The second-order valence-electron chi connectivity index (χ2n) is 4.48. The van der Waals surface area contributed by atoms with E-state index in [-0.39, 0.29) is 17.1 Å². The number of hydrogen-bond acceptors (Lipinski definition) is 2. The van der Waals surface area contributed by atoms with Gasteiger partial charge in [-0.05, 0) is 43.7 Å². The molecule has 0 aliphatic carbocycles. The zero-order valence-corrected chi connectivity index (χ0v) is 10.8. The Morgan fingerprint density at radius 1 is 1.05 bits per heavy atom. The van der Waals surface area contributed by atoms with Gasteiger partial charge in [0.05, 0.1) is 0 Å². The third-order valence-corrected chi connectivity index (χ3v) is 2.77. The summed E-state index contributed by atoms with van der Waals surface area (Å²) in [5, 5.41) is 0. The van der Waals surface area contributed by atoms with Crippen molar-refractivity contribution in [2.45, 2.75) is 19.9 Å². The molecule has 0 saturated heterocycles. The standard InChI is InChI=1S/C15H15F2NO/c1-9-6-7-11(16)14(8-9)19-13-5-3-4-12(17)15(13)10(2)18/h3-8,10H,18H2,1-2H3. The molecule has 0 amide bonds. The molecule has 19 heavy (non-hydrogen) atoms. The van der Waals surface area contributed by atoms with E-state index in [4.69, 9.17) is 10.5 Å². The number of rotatable bonds is 3. The van der Waals surface area contributed by atoms with Gasteiger partial charge in [-0.2, -0.15) is 0 Å². The van der Waals surface area contributed by atoms with Crippen molar-refractivity contribution in [3.8, 4) is 11.5 Å². The van der Waals surface area contributed by atoms with Crippen molar-refractivity contribution in [2.75, 3.05) is 0 Å². The number of aryl methyl sites for hydroxylation is 1. The van der Waals surface area contributed by atoms with E-state index in [2.05, 4.69) is 0 Å². The Kier molecular flexibility index (Phi) is 3.81. The largest absolute Gasteiger partial charge is 0.454 e. The fourth-order valence-corrected chi connectivity index (χ4v) is 1.86. The predicted octanol–water partition coefficient (Wildman–Crippen LogP) is 4.09. The summed E-state index contributed by atoms with van der Waals surface area (Å²) in [6, 6.07) is 8.36. The highest BCUT2D eigenvalue weighted by molar-refractivity contribution is 5.41. The van der Waals surface area contributed by atoms with Gasteiger partial charge in [0.1, 0.15) is 11.6 Å². The Morgan fingerprint density at radius 2 is 1.79 bits per heavy atom. The molecule has 0 fully saturated rings. The average molecular weight is 263 g/mol. The Bertz CT molecular complexity index is 597. The molecular weight excluding hydrogens is 248 g/mol. The molecule has 0 aliphatic heterocycles. The topological polar surface area (TPSA) is 35.2 Å². The van der Waals surface area contributed by atoms with Crippen LogP contribution in [-0.2, 0) is 0 Å². The van der Waals surface area contributed by atoms with Crippen molar-refractivity contribution < 1.29 is 13.5 Å². The fourth-order valence-electron chi connectivity index (χ4n) is 1.86. The van der Waals surface area contributed by atoms with Crippen LogP contribution in [-0.4, -0.2) is 0 Å². The van der Waals surface area contributed by atoms with Gasteiger partial charge >= 0.3 is 0 Å². The minimum atomic E-state index is -0.538. The van der Waals surface area contributed by atoms with Gasteiger partial charge in [0.25, 0.3) is 0 Å². The normalized spacial score (nSPS) is 12.3. The molecule has 2 aromatic carbocycles. The summed E-state index contributed by atoms with van der Waals surface area (Å²) >= 11 is 0. The third kappa shape index (κ3) is 2.90. The molecule has 2 N–H and O–H groups in total. The molecule has 1 unspecified atom stereocenters. The lowest BCUT2D eigenvalue weighted by atomic mass is 10.1. The highest BCUT2D eigenvalue weighted by Crippen LogP contribution is 2.32. The van der Waals surface area contributed by atoms with Gasteiger partial charge in [-0.25, -0.2) is 8.78 Å². The quantitative estimate of drug-likeness (QED) is 0.905. The van der Waals surface area contributed by atoms with Crippen LogP contribution < -0.4 is 10.5 Å². The Balaban J connectivity index is 2.44. The molecule has 100 valence electrons. The van der Waals surface area contributed by atoms with Crippen LogP contribution in [0.5, 0.6) is 11.5 Å². The molecule has 0 aromatic heterocycles. The first-order valence-corrected chi connectivity index (χ1v) is 5.97. The maximum Gasteiger partial charge on any atom is 0.165 e. The van der Waals surface area contributed by atoms with Crippen LogP contribution >= 0.6 is 0 Å². The Morgan fingerprint density at radius 3 is 2.47 bits per heavy atom. The van der Waals surface area contributed by atoms with E-state index in [1.54, 1.807) is 25.1 Å². The molecule has 2 aromatic rings. The Hall–Kier alpha value is -1.94. The first-order chi connectivity index (χ1) is 8.99. The summed E-state index contributed by atoms with van der Waals surface area (Å²) in [7, 11) is 0. The van der Waals surface area contributed by atoms with E-state index < -0.39 is 17.7 Å². The van der Waals surface area contributed by atoms with Crippen LogP contribution in [0, 0.1) is 18.6 Å². The highest BCUT2D eigenvalue weighted by atomic mass is 19.1. The van der Waals surface area contributed by atoms with Crippen molar-refractivity contribution in [3.63, 3.8) is 0 Å². The van der Waals surface area contributed by atoms with Crippen molar-refractivity contribution in [1.29, 1.82) is 0 Å². The molecule has 0 saturated carbocycles. The van der Waals surface area contributed by atoms with Crippen LogP contribution in [0.2, 0.25) is 0 Å². The smallest absolute Gasteiger partial charge is 0.165 e. The van der Waals surface area contributed by atoms with Gasteiger partial charge in [-0.1, -0.05) is 12.1 Å². The molecule has 0 spiro atoms. The van der Waals surface area contributed by atoms with E-state index in [1.807, 2.05) is 6.92 Å². The lowest BCUT2D eigenvalue weighted by molar-refractivity contribution is 0.428.